The van der Waals surface area contributed by atoms with Crippen molar-refractivity contribution in [3.63, 3.8) is 0 Å². The van der Waals surface area contributed by atoms with Crippen LogP contribution in [0.3, 0.4) is 0 Å². The van der Waals surface area contributed by atoms with Gasteiger partial charge in [0.2, 0.25) is 5.91 Å². The first-order chi connectivity index (χ1) is 7.60. The number of imidazole rings is 1. The van der Waals surface area contributed by atoms with Crippen molar-refractivity contribution in [3.8, 4) is 0 Å². The van der Waals surface area contributed by atoms with E-state index >= 15 is 0 Å². The van der Waals surface area contributed by atoms with Crippen LogP contribution in [0.25, 0.3) is 0 Å². The number of hydrogen-bond donors (Lipinski definition) is 1. The summed E-state index contributed by atoms with van der Waals surface area (Å²) < 4.78 is 1.81. The van der Waals surface area contributed by atoms with Gasteiger partial charge in [0.15, 0.2) is 0 Å². The second-order valence-corrected chi connectivity index (χ2v) is 3.80. The molecule has 0 saturated heterocycles. The van der Waals surface area contributed by atoms with Gasteiger partial charge in [-0.25, -0.2) is 4.98 Å². The Morgan fingerprint density at radius 2 is 2.19 bits per heavy atom. The molecule has 0 radical (unpaired) electrons. The summed E-state index contributed by atoms with van der Waals surface area (Å²) in [6.07, 6.45) is 3.36. The smallest absolute Gasteiger partial charge is 0.242 e. The van der Waals surface area contributed by atoms with Gasteiger partial charge in [0.1, 0.15) is 6.54 Å². The van der Waals surface area contributed by atoms with Crippen LogP contribution < -0.4 is 5.73 Å². The lowest BCUT2D eigenvalue weighted by Crippen LogP contribution is -2.34. The van der Waals surface area contributed by atoms with Crippen LogP contribution in [0.2, 0.25) is 0 Å². The average molecular weight is 224 g/mol. The van der Waals surface area contributed by atoms with Gasteiger partial charge in [0.05, 0.1) is 12.0 Å². The Balaban J connectivity index is 2.72. The first-order valence-corrected chi connectivity index (χ1v) is 5.63. The van der Waals surface area contributed by atoms with Crippen molar-refractivity contribution in [2.75, 3.05) is 13.1 Å². The minimum atomic E-state index is -0.105. The Morgan fingerprint density at radius 1 is 1.56 bits per heavy atom. The lowest BCUT2D eigenvalue weighted by molar-refractivity contribution is -0.131. The van der Waals surface area contributed by atoms with Crippen molar-refractivity contribution in [2.45, 2.75) is 33.4 Å². The third-order valence-electron chi connectivity index (χ3n) is 2.63. The fraction of sp³-hybridized carbons (Fsp3) is 0.636. The van der Waals surface area contributed by atoms with Gasteiger partial charge in [-0.05, 0) is 20.8 Å². The molecule has 0 aromatic carbocycles. The zero-order valence-electron chi connectivity index (χ0n) is 10.2. The standard InChI is InChI=1S/C11H20N4O/c1-4-14(5-2)11(16)7-15-8-13-6-10(15)9(3)12/h6,8-9H,4-5,7,12H2,1-3H3/t9-/m1/s1. The van der Waals surface area contributed by atoms with E-state index in [-0.39, 0.29) is 11.9 Å². The minimum Gasteiger partial charge on any atom is -0.342 e. The maximum atomic E-state index is 11.9. The Kier molecular flexibility index (Phi) is 4.49. The van der Waals surface area contributed by atoms with E-state index in [2.05, 4.69) is 4.98 Å². The van der Waals surface area contributed by atoms with E-state index in [1.807, 2.05) is 25.3 Å². The van der Waals surface area contributed by atoms with Crippen molar-refractivity contribution < 1.29 is 4.79 Å². The van der Waals surface area contributed by atoms with E-state index < -0.39 is 0 Å². The van der Waals surface area contributed by atoms with Gasteiger partial charge < -0.3 is 15.2 Å². The van der Waals surface area contributed by atoms with E-state index in [1.54, 1.807) is 17.4 Å². The van der Waals surface area contributed by atoms with Crippen molar-refractivity contribution in [1.29, 1.82) is 0 Å². The van der Waals surface area contributed by atoms with E-state index in [9.17, 15) is 4.79 Å². The number of hydrogen-bond acceptors (Lipinski definition) is 3. The Morgan fingerprint density at radius 3 is 2.69 bits per heavy atom. The molecule has 16 heavy (non-hydrogen) atoms. The third-order valence-corrected chi connectivity index (χ3v) is 2.63. The summed E-state index contributed by atoms with van der Waals surface area (Å²) in [5.74, 6) is 0.102. The van der Waals surface area contributed by atoms with Gasteiger partial charge in [-0.15, -0.1) is 0 Å². The number of rotatable bonds is 5. The topological polar surface area (TPSA) is 64.2 Å². The number of nitrogens with two attached hydrogens (primary N) is 1. The first kappa shape index (κ1) is 12.7. The number of amides is 1. The molecule has 5 nitrogen and oxygen atoms in total. The van der Waals surface area contributed by atoms with Gasteiger partial charge >= 0.3 is 0 Å². The maximum Gasteiger partial charge on any atom is 0.242 e. The van der Waals surface area contributed by atoms with Gasteiger partial charge in [0.25, 0.3) is 0 Å². The van der Waals surface area contributed by atoms with Crippen molar-refractivity contribution in [2.24, 2.45) is 5.73 Å². The molecule has 0 spiro atoms. The largest absolute Gasteiger partial charge is 0.342 e. The van der Waals surface area contributed by atoms with Gasteiger partial charge in [-0.2, -0.15) is 0 Å². The fourth-order valence-corrected chi connectivity index (χ4v) is 1.66. The highest BCUT2D eigenvalue weighted by atomic mass is 16.2. The molecule has 0 bridgehead atoms. The van der Waals surface area contributed by atoms with Crippen LogP contribution in [0.1, 0.15) is 32.5 Å². The van der Waals surface area contributed by atoms with Gasteiger partial charge in [0, 0.05) is 25.3 Å². The zero-order chi connectivity index (χ0) is 12.1. The van der Waals surface area contributed by atoms with Crippen molar-refractivity contribution in [3.05, 3.63) is 18.2 Å². The van der Waals surface area contributed by atoms with Gasteiger partial charge in [-0.3, -0.25) is 4.79 Å². The zero-order valence-corrected chi connectivity index (χ0v) is 10.2. The van der Waals surface area contributed by atoms with Crippen LogP contribution in [0.4, 0.5) is 0 Å². The number of likely N-dealkylation sites (N-methyl/N-ethyl adjacent to an activating group) is 1. The normalized spacial score (nSPS) is 12.5. The number of carbonyl (C=O) groups is 1. The highest BCUT2D eigenvalue weighted by Gasteiger charge is 2.13. The average Bonchev–Trinajstić information content (AvgIpc) is 2.67. The third kappa shape index (κ3) is 2.82. The van der Waals surface area contributed by atoms with E-state index in [0.29, 0.717) is 6.54 Å². The lowest BCUT2D eigenvalue weighted by Gasteiger charge is -2.20. The summed E-state index contributed by atoms with van der Waals surface area (Å²) >= 11 is 0. The molecule has 1 amide bonds. The van der Waals surface area contributed by atoms with Gasteiger partial charge in [-0.1, -0.05) is 0 Å². The molecule has 1 aromatic rings. The molecule has 0 fully saturated rings. The number of aromatic nitrogens is 2. The molecule has 0 aliphatic carbocycles. The molecule has 1 rings (SSSR count). The van der Waals surface area contributed by atoms with Crippen LogP contribution in [0.15, 0.2) is 12.5 Å². The van der Waals surface area contributed by atoms with Crippen molar-refractivity contribution in [1.82, 2.24) is 14.5 Å². The highest BCUT2D eigenvalue weighted by molar-refractivity contribution is 5.76. The predicted octanol–water partition coefficient (Wildman–Crippen LogP) is 0.771. The summed E-state index contributed by atoms with van der Waals surface area (Å²) in [5.41, 5.74) is 6.68. The SMILES string of the molecule is CCN(CC)C(=O)Cn1cncc1[C@@H](C)N. The van der Waals surface area contributed by atoms with E-state index in [4.69, 9.17) is 5.73 Å². The summed E-state index contributed by atoms with van der Waals surface area (Å²) in [6.45, 7) is 7.62. The lowest BCUT2D eigenvalue weighted by atomic mass is 10.2. The monoisotopic (exact) mass is 224 g/mol. The Labute approximate surface area is 96.3 Å². The summed E-state index contributed by atoms with van der Waals surface area (Å²) in [7, 11) is 0. The van der Waals surface area contributed by atoms with Crippen LogP contribution in [-0.2, 0) is 11.3 Å². The van der Waals surface area contributed by atoms with Crippen LogP contribution >= 0.6 is 0 Å². The molecule has 0 unspecified atom stereocenters. The number of nitrogens with zero attached hydrogens (tertiary/aromatic N) is 3. The molecule has 1 atom stereocenters. The van der Waals surface area contributed by atoms with Crippen LogP contribution in [0.5, 0.6) is 0 Å². The van der Waals surface area contributed by atoms with Crippen LogP contribution in [-0.4, -0.2) is 33.4 Å². The second-order valence-electron chi connectivity index (χ2n) is 3.80. The highest BCUT2D eigenvalue weighted by Crippen LogP contribution is 2.08. The fourth-order valence-electron chi connectivity index (χ4n) is 1.66. The summed E-state index contributed by atoms with van der Waals surface area (Å²) in [5, 5.41) is 0. The molecule has 0 aliphatic heterocycles. The molecular weight excluding hydrogens is 204 g/mol. The molecule has 1 aromatic heterocycles. The van der Waals surface area contributed by atoms with Crippen molar-refractivity contribution >= 4 is 5.91 Å². The summed E-state index contributed by atoms with van der Waals surface area (Å²) in [4.78, 5) is 17.7. The molecular formula is C11H20N4O. The molecule has 0 aliphatic rings. The first-order valence-electron chi connectivity index (χ1n) is 5.63. The van der Waals surface area contributed by atoms with Crippen LogP contribution in [0, 0.1) is 0 Å². The molecule has 1 heterocycles. The summed E-state index contributed by atoms with van der Waals surface area (Å²) in [6, 6.07) is -0.105. The second kappa shape index (κ2) is 5.65. The number of carbonyl (C=O) groups excluding carboxylic acids is 1. The predicted molar refractivity (Wildman–Crippen MR) is 62.8 cm³/mol. The molecule has 0 saturated carbocycles. The molecule has 5 heteroatoms. The Hall–Kier alpha value is -1.36. The maximum absolute atomic E-state index is 11.9. The Bertz CT molecular complexity index is 342. The van der Waals surface area contributed by atoms with E-state index in [1.165, 1.54) is 0 Å². The van der Waals surface area contributed by atoms with E-state index in [0.717, 1.165) is 18.8 Å². The molecule has 90 valence electrons. The quantitative estimate of drug-likeness (QED) is 0.803. The minimum absolute atomic E-state index is 0.102. The molecule has 2 N–H and O–H groups in total.